The lowest BCUT2D eigenvalue weighted by Crippen LogP contribution is -1.99. The second-order valence-corrected chi connectivity index (χ2v) is 5.13. The average molecular weight is 292 g/mol. The number of fused-ring (bicyclic) bond motifs is 1. The van der Waals surface area contributed by atoms with E-state index >= 15 is 0 Å². The molecule has 0 atom stereocenters. The zero-order chi connectivity index (χ0) is 13.6. The first kappa shape index (κ1) is 12.3. The molecule has 3 nitrogen and oxygen atoms in total. The van der Waals surface area contributed by atoms with Crippen LogP contribution in [0.4, 0.5) is 5.69 Å². The van der Waals surface area contributed by atoms with Crippen molar-refractivity contribution in [1.82, 2.24) is 9.55 Å². The lowest BCUT2D eigenvalue weighted by molar-refractivity contribution is 1.00. The molecule has 2 aromatic carbocycles. The SMILES string of the molecule is Cc1nc2cc(N)ccc2n1-c1c(Cl)cccc1Cl. The van der Waals surface area contributed by atoms with Crippen molar-refractivity contribution < 1.29 is 0 Å². The molecule has 5 heteroatoms. The number of hydrogen-bond acceptors (Lipinski definition) is 2. The first-order valence-corrected chi connectivity index (χ1v) is 6.52. The summed E-state index contributed by atoms with van der Waals surface area (Å²) in [6, 6.07) is 11.0. The van der Waals surface area contributed by atoms with Crippen LogP contribution >= 0.6 is 23.2 Å². The topological polar surface area (TPSA) is 43.8 Å². The summed E-state index contributed by atoms with van der Waals surface area (Å²) >= 11 is 12.5. The number of hydrogen-bond donors (Lipinski definition) is 1. The molecule has 19 heavy (non-hydrogen) atoms. The number of nitrogen functional groups attached to an aromatic ring is 1. The van der Waals surface area contributed by atoms with Crippen molar-refractivity contribution in [1.29, 1.82) is 0 Å². The first-order chi connectivity index (χ1) is 9.08. The molecule has 0 amide bonds. The van der Waals surface area contributed by atoms with Crippen LogP contribution < -0.4 is 5.73 Å². The van der Waals surface area contributed by atoms with Gasteiger partial charge >= 0.3 is 0 Å². The molecule has 0 spiro atoms. The van der Waals surface area contributed by atoms with Crippen LogP contribution in [0.2, 0.25) is 10.0 Å². The number of halogens is 2. The third-order valence-electron chi connectivity index (χ3n) is 3.01. The molecule has 3 rings (SSSR count). The van der Waals surface area contributed by atoms with E-state index in [4.69, 9.17) is 28.9 Å². The quantitative estimate of drug-likeness (QED) is 0.682. The van der Waals surface area contributed by atoms with Gasteiger partial charge < -0.3 is 5.73 Å². The van der Waals surface area contributed by atoms with Crippen molar-refractivity contribution >= 4 is 39.9 Å². The predicted octanol–water partition coefficient (Wildman–Crippen LogP) is 4.22. The van der Waals surface area contributed by atoms with Crippen LogP contribution in [-0.4, -0.2) is 9.55 Å². The minimum absolute atomic E-state index is 0.590. The first-order valence-electron chi connectivity index (χ1n) is 5.77. The van der Waals surface area contributed by atoms with Gasteiger partial charge in [-0.15, -0.1) is 0 Å². The normalized spacial score (nSPS) is 11.1. The highest BCUT2D eigenvalue weighted by atomic mass is 35.5. The van der Waals surface area contributed by atoms with Crippen molar-refractivity contribution in [2.24, 2.45) is 0 Å². The van der Waals surface area contributed by atoms with Gasteiger partial charge in [0.25, 0.3) is 0 Å². The molecule has 0 saturated heterocycles. The van der Waals surface area contributed by atoms with Gasteiger partial charge in [0.1, 0.15) is 5.82 Å². The molecule has 0 aliphatic heterocycles. The number of nitrogens with two attached hydrogens (primary N) is 1. The van der Waals surface area contributed by atoms with Crippen molar-refractivity contribution in [2.75, 3.05) is 5.73 Å². The highest BCUT2D eigenvalue weighted by Crippen LogP contribution is 2.32. The maximum atomic E-state index is 6.27. The fraction of sp³-hybridized carbons (Fsp3) is 0.0714. The van der Waals surface area contributed by atoms with Crippen molar-refractivity contribution in [3.05, 3.63) is 52.3 Å². The molecular formula is C14H11Cl2N3. The van der Waals surface area contributed by atoms with Gasteiger partial charge in [0.2, 0.25) is 0 Å². The Kier molecular flexibility index (Phi) is 2.88. The summed E-state index contributed by atoms with van der Waals surface area (Å²) in [4.78, 5) is 4.50. The molecule has 1 aromatic heterocycles. The zero-order valence-corrected chi connectivity index (χ0v) is 11.7. The molecule has 0 bridgehead atoms. The molecule has 0 aliphatic rings. The minimum Gasteiger partial charge on any atom is -0.399 e. The molecule has 3 aromatic rings. The predicted molar refractivity (Wildman–Crippen MR) is 80.2 cm³/mol. The fourth-order valence-corrected chi connectivity index (χ4v) is 2.77. The second-order valence-electron chi connectivity index (χ2n) is 4.31. The van der Waals surface area contributed by atoms with Gasteiger partial charge in [-0.1, -0.05) is 29.3 Å². The second kappa shape index (κ2) is 4.44. The van der Waals surface area contributed by atoms with Crippen molar-refractivity contribution in [3.63, 3.8) is 0 Å². The third-order valence-corrected chi connectivity index (χ3v) is 3.62. The van der Waals surface area contributed by atoms with Gasteiger partial charge in [-0.05, 0) is 37.3 Å². The van der Waals surface area contributed by atoms with E-state index < -0.39 is 0 Å². The van der Waals surface area contributed by atoms with E-state index in [0.717, 1.165) is 22.5 Å². The third kappa shape index (κ3) is 1.95. The monoisotopic (exact) mass is 291 g/mol. The Hall–Kier alpha value is -1.71. The van der Waals surface area contributed by atoms with Crippen molar-refractivity contribution in [3.8, 4) is 5.69 Å². The largest absolute Gasteiger partial charge is 0.399 e. The molecular weight excluding hydrogens is 281 g/mol. The zero-order valence-electron chi connectivity index (χ0n) is 10.2. The van der Waals surface area contributed by atoms with Gasteiger partial charge in [-0.25, -0.2) is 4.98 Å². The van der Waals surface area contributed by atoms with E-state index in [0.29, 0.717) is 15.7 Å². The highest BCUT2D eigenvalue weighted by Gasteiger charge is 2.14. The lowest BCUT2D eigenvalue weighted by Gasteiger charge is -2.11. The summed E-state index contributed by atoms with van der Waals surface area (Å²) < 4.78 is 1.94. The number of para-hydroxylation sites is 1. The van der Waals surface area contributed by atoms with Gasteiger partial charge in [0, 0.05) is 5.69 Å². The fourth-order valence-electron chi connectivity index (χ4n) is 2.20. The molecule has 0 radical (unpaired) electrons. The Bertz CT molecular complexity index is 757. The van der Waals surface area contributed by atoms with Crippen molar-refractivity contribution in [2.45, 2.75) is 6.92 Å². The molecule has 0 unspecified atom stereocenters. The Balaban J connectivity index is 2.40. The van der Waals surface area contributed by atoms with Crippen LogP contribution in [0.15, 0.2) is 36.4 Å². The van der Waals surface area contributed by atoms with Crippen LogP contribution in [0.3, 0.4) is 0 Å². The van der Waals surface area contributed by atoms with E-state index in [9.17, 15) is 0 Å². The van der Waals surface area contributed by atoms with Crippen LogP contribution in [0.1, 0.15) is 5.82 Å². The molecule has 0 aliphatic carbocycles. The molecule has 2 N–H and O–H groups in total. The van der Waals surface area contributed by atoms with Gasteiger partial charge in [0.15, 0.2) is 0 Å². The highest BCUT2D eigenvalue weighted by molar-refractivity contribution is 6.37. The van der Waals surface area contributed by atoms with Crippen LogP contribution in [0.5, 0.6) is 0 Å². The number of anilines is 1. The summed E-state index contributed by atoms with van der Waals surface area (Å²) in [5.74, 6) is 0.815. The van der Waals surface area contributed by atoms with E-state index in [1.165, 1.54) is 0 Å². The number of rotatable bonds is 1. The smallest absolute Gasteiger partial charge is 0.111 e. The van der Waals surface area contributed by atoms with Crippen LogP contribution in [0, 0.1) is 6.92 Å². The summed E-state index contributed by atoms with van der Waals surface area (Å²) in [5.41, 5.74) is 8.97. The van der Waals surface area contributed by atoms with Crippen LogP contribution in [-0.2, 0) is 0 Å². The molecule has 1 heterocycles. The molecule has 96 valence electrons. The Morgan fingerprint density at radius 1 is 1.11 bits per heavy atom. The number of aromatic nitrogens is 2. The number of nitrogens with zero attached hydrogens (tertiary/aromatic N) is 2. The summed E-state index contributed by atoms with van der Waals surface area (Å²) in [5, 5.41) is 1.18. The molecule has 0 fully saturated rings. The standard InChI is InChI=1S/C14H11Cl2N3/c1-8-18-12-7-9(17)5-6-13(12)19(8)14-10(15)3-2-4-11(14)16/h2-7H,17H2,1H3. The van der Waals surface area contributed by atoms with E-state index in [1.54, 1.807) is 0 Å². The number of benzene rings is 2. The number of imidazole rings is 1. The summed E-state index contributed by atoms with van der Waals surface area (Å²) in [6.07, 6.45) is 0. The van der Waals surface area contributed by atoms with Gasteiger partial charge in [-0.2, -0.15) is 0 Å². The summed E-state index contributed by atoms with van der Waals surface area (Å²) in [7, 11) is 0. The van der Waals surface area contributed by atoms with E-state index in [2.05, 4.69) is 4.98 Å². The summed E-state index contributed by atoms with van der Waals surface area (Å²) in [6.45, 7) is 1.91. The Morgan fingerprint density at radius 2 is 1.79 bits per heavy atom. The minimum atomic E-state index is 0.590. The number of aryl methyl sites for hydroxylation is 1. The van der Waals surface area contributed by atoms with Gasteiger partial charge in [-0.3, -0.25) is 4.57 Å². The van der Waals surface area contributed by atoms with E-state index in [1.807, 2.05) is 47.9 Å². The lowest BCUT2D eigenvalue weighted by atomic mass is 10.2. The average Bonchev–Trinajstić information content (AvgIpc) is 2.65. The van der Waals surface area contributed by atoms with Gasteiger partial charge in [0.05, 0.1) is 26.8 Å². The maximum absolute atomic E-state index is 6.27. The maximum Gasteiger partial charge on any atom is 0.111 e. The van der Waals surface area contributed by atoms with E-state index in [-0.39, 0.29) is 0 Å². The van der Waals surface area contributed by atoms with Crippen LogP contribution in [0.25, 0.3) is 16.7 Å². The molecule has 0 saturated carbocycles. The Labute approximate surface area is 120 Å². The Morgan fingerprint density at radius 3 is 2.47 bits per heavy atom.